The number of thiazole rings is 1. The SMILES string of the molecule is O=C(NCc1csc(=O)[nH]1)C1CNc2ccccc2C1. The van der Waals surface area contributed by atoms with E-state index in [2.05, 4.69) is 15.6 Å². The second kappa shape index (κ2) is 5.50. The first-order chi connectivity index (χ1) is 9.72. The molecule has 0 radical (unpaired) electrons. The van der Waals surface area contributed by atoms with E-state index in [1.54, 1.807) is 5.38 Å². The van der Waals surface area contributed by atoms with Crippen LogP contribution in [0.5, 0.6) is 0 Å². The molecule has 1 aromatic heterocycles. The lowest BCUT2D eigenvalue weighted by molar-refractivity contribution is -0.124. The Balaban J connectivity index is 1.60. The summed E-state index contributed by atoms with van der Waals surface area (Å²) in [5.74, 6) is -0.0608. The highest BCUT2D eigenvalue weighted by molar-refractivity contribution is 7.07. The topological polar surface area (TPSA) is 74.0 Å². The van der Waals surface area contributed by atoms with Crippen LogP contribution in [0.2, 0.25) is 0 Å². The van der Waals surface area contributed by atoms with Crippen LogP contribution in [0.1, 0.15) is 11.3 Å². The van der Waals surface area contributed by atoms with Gasteiger partial charge in [-0.25, -0.2) is 0 Å². The summed E-state index contributed by atoms with van der Waals surface area (Å²) in [7, 11) is 0. The van der Waals surface area contributed by atoms with E-state index in [-0.39, 0.29) is 16.7 Å². The van der Waals surface area contributed by atoms with Gasteiger partial charge in [0.25, 0.3) is 0 Å². The number of H-pyrrole nitrogens is 1. The lowest BCUT2D eigenvalue weighted by atomic mass is 9.93. The van der Waals surface area contributed by atoms with Gasteiger partial charge in [-0.3, -0.25) is 9.59 Å². The molecule has 0 saturated heterocycles. The Morgan fingerprint density at radius 3 is 3.05 bits per heavy atom. The van der Waals surface area contributed by atoms with Crippen LogP contribution in [0.25, 0.3) is 0 Å². The first-order valence-electron chi connectivity index (χ1n) is 6.48. The summed E-state index contributed by atoms with van der Waals surface area (Å²) in [5.41, 5.74) is 3.03. The summed E-state index contributed by atoms with van der Waals surface area (Å²) >= 11 is 1.11. The van der Waals surface area contributed by atoms with E-state index in [4.69, 9.17) is 0 Å². The third kappa shape index (κ3) is 2.75. The molecule has 2 aromatic rings. The average molecular weight is 289 g/mol. The quantitative estimate of drug-likeness (QED) is 0.798. The van der Waals surface area contributed by atoms with Gasteiger partial charge in [-0.2, -0.15) is 0 Å². The van der Waals surface area contributed by atoms with Crippen molar-refractivity contribution in [1.82, 2.24) is 10.3 Å². The first-order valence-corrected chi connectivity index (χ1v) is 7.36. The molecule has 1 atom stereocenters. The normalized spacial score (nSPS) is 17.1. The minimum absolute atomic E-state index is 0.0130. The molecule has 2 heterocycles. The summed E-state index contributed by atoms with van der Waals surface area (Å²) in [6, 6.07) is 8.04. The molecule has 104 valence electrons. The molecule has 0 spiro atoms. The van der Waals surface area contributed by atoms with Crippen LogP contribution in [0.3, 0.4) is 0 Å². The number of amides is 1. The molecule has 5 nitrogen and oxygen atoms in total. The smallest absolute Gasteiger partial charge is 0.304 e. The number of aromatic amines is 1. The van der Waals surface area contributed by atoms with Crippen LogP contribution < -0.4 is 15.5 Å². The van der Waals surface area contributed by atoms with Crippen LogP contribution in [-0.4, -0.2) is 17.4 Å². The Bertz CT molecular complexity index is 677. The molecule has 1 unspecified atom stereocenters. The lowest BCUT2D eigenvalue weighted by Gasteiger charge is -2.25. The fourth-order valence-electron chi connectivity index (χ4n) is 2.35. The number of para-hydroxylation sites is 1. The van der Waals surface area contributed by atoms with Crippen molar-refractivity contribution < 1.29 is 4.79 Å². The lowest BCUT2D eigenvalue weighted by Crippen LogP contribution is -2.37. The summed E-state index contributed by atoms with van der Waals surface area (Å²) < 4.78 is 0. The second-order valence-corrected chi connectivity index (χ2v) is 5.67. The Morgan fingerprint density at radius 1 is 1.40 bits per heavy atom. The molecule has 0 aliphatic carbocycles. The number of aromatic nitrogens is 1. The molecule has 20 heavy (non-hydrogen) atoms. The van der Waals surface area contributed by atoms with E-state index >= 15 is 0 Å². The molecule has 0 saturated carbocycles. The minimum atomic E-state index is -0.0949. The number of carbonyl (C=O) groups excluding carboxylic acids is 1. The van der Waals surface area contributed by atoms with Gasteiger partial charge in [0.05, 0.1) is 12.5 Å². The molecule has 1 aromatic carbocycles. The number of nitrogens with one attached hydrogen (secondary N) is 3. The van der Waals surface area contributed by atoms with Crippen molar-refractivity contribution in [3.05, 3.63) is 50.6 Å². The van der Waals surface area contributed by atoms with Crippen molar-refractivity contribution >= 4 is 22.9 Å². The maximum Gasteiger partial charge on any atom is 0.304 e. The average Bonchev–Trinajstić information content (AvgIpc) is 2.90. The molecule has 1 aliphatic heterocycles. The van der Waals surface area contributed by atoms with Crippen molar-refractivity contribution in [2.45, 2.75) is 13.0 Å². The monoisotopic (exact) mass is 289 g/mol. The van der Waals surface area contributed by atoms with Crippen LogP contribution in [0.15, 0.2) is 34.4 Å². The summed E-state index contributed by atoms with van der Waals surface area (Å²) in [6.45, 7) is 1.01. The van der Waals surface area contributed by atoms with Gasteiger partial charge in [-0.15, -0.1) is 0 Å². The summed E-state index contributed by atoms with van der Waals surface area (Å²) in [5, 5.41) is 7.88. The van der Waals surface area contributed by atoms with E-state index in [1.165, 1.54) is 5.56 Å². The number of anilines is 1. The molecule has 6 heteroatoms. The molecular formula is C14H15N3O2S. The highest BCUT2D eigenvalue weighted by Gasteiger charge is 2.23. The zero-order valence-corrected chi connectivity index (χ0v) is 11.6. The van der Waals surface area contributed by atoms with Crippen molar-refractivity contribution in [3.63, 3.8) is 0 Å². The zero-order chi connectivity index (χ0) is 13.9. The predicted molar refractivity (Wildman–Crippen MR) is 78.9 cm³/mol. The highest BCUT2D eigenvalue weighted by atomic mass is 32.1. The van der Waals surface area contributed by atoms with Gasteiger partial charge >= 0.3 is 4.87 Å². The van der Waals surface area contributed by atoms with Crippen molar-refractivity contribution in [3.8, 4) is 0 Å². The molecule has 1 amide bonds. The second-order valence-electron chi connectivity index (χ2n) is 4.83. The fourth-order valence-corrected chi connectivity index (χ4v) is 2.94. The number of fused-ring (bicyclic) bond motifs is 1. The van der Waals surface area contributed by atoms with Crippen LogP contribution >= 0.6 is 11.3 Å². The highest BCUT2D eigenvalue weighted by Crippen LogP contribution is 2.24. The number of carbonyl (C=O) groups is 1. The Morgan fingerprint density at radius 2 is 2.25 bits per heavy atom. The molecule has 3 N–H and O–H groups in total. The Kier molecular flexibility index (Phi) is 3.56. The minimum Gasteiger partial charge on any atom is -0.384 e. The molecule has 0 bridgehead atoms. The molecule has 3 rings (SSSR count). The van der Waals surface area contributed by atoms with Gasteiger partial charge in [-0.1, -0.05) is 29.5 Å². The van der Waals surface area contributed by atoms with Crippen molar-refractivity contribution in [2.75, 3.05) is 11.9 Å². The van der Waals surface area contributed by atoms with E-state index in [9.17, 15) is 9.59 Å². The predicted octanol–water partition coefficient (Wildman–Crippen LogP) is 1.34. The van der Waals surface area contributed by atoms with E-state index in [1.807, 2.05) is 24.3 Å². The molecule has 0 fully saturated rings. The van der Waals surface area contributed by atoms with E-state index in [0.717, 1.165) is 29.1 Å². The molecular weight excluding hydrogens is 274 g/mol. The maximum absolute atomic E-state index is 12.1. The number of hydrogen-bond donors (Lipinski definition) is 3. The van der Waals surface area contributed by atoms with E-state index < -0.39 is 0 Å². The number of hydrogen-bond acceptors (Lipinski definition) is 4. The number of rotatable bonds is 3. The van der Waals surface area contributed by atoms with Gasteiger partial charge < -0.3 is 15.6 Å². The standard InChI is InChI=1S/C14H15N3O2S/c18-13(16-7-11-8-20-14(19)17-11)10-5-9-3-1-2-4-12(9)15-6-10/h1-4,8,10,15H,5-7H2,(H,16,18)(H,17,19). The van der Waals surface area contributed by atoms with Crippen LogP contribution in [-0.2, 0) is 17.8 Å². The van der Waals surface area contributed by atoms with E-state index in [0.29, 0.717) is 13.1 Å². The van der Waals surface area contributed by atoms with Gasteiger partial charge in [0, 0.05) is 23.3 Å². The third-order valence-corrected chi connectivity index (χ3v) is 4.14. The van der Waals surface area contributed by atoms with Gasteiger partial charge in [0.2, 0.25) is 5.91 Å². The zero-order valence-electron chi connectivity index (χ0n) is 10.8. The van der Waals surface area contributed by atoms with Gasteiger partial charge in [-0.05, 0) is 18.1 Å². The Labute approximate surface area is 120 Å². The van der Waals surface area contributed by atoms with Crippen LogP contribution in [0.4, 0.5) is 5.69 Å². The summed E-state index contributed by atoms with van der Waals surface area (Å²) in [6.07, 6.45) is 0.745. The summed E-state index contributed by atoms with van der Waals surface area (Å²) in [4.78, 5) is 25.8. The van der Waals surface area contributed by atoms with Gasteiger partial charge in [0.1, 0.15) is 0 Å². The van der Waals surface area contributed by atoms with Gasteiger partial charge in [0.15, 0.2) is 0 Å². The number of benzene rings is 1. The van der Waals surface area contributed by atoms with Crippen LogP contribution in [0, 0.1) is 5.92 Å². The fraction of sp³-hybridized carbons (Fsp3) is 0.286. The maximum atomic E-state index is 12.1. The van der Waals surface area contributed by atoms with Crippen molar-refractivity contribution in [2.24, 2.45) is 5.92 Å². The largest absolute Gasteiger partial charge is 0.384 e. The first kappa shape index (κ1) is 12.9. The Hall–Kier alpha value is -2.08. The molecule has 1 aliphatic rings. The third-order valence-electron chi connectivity index (χ3n) is 3.42. The van der Waals surface area contributed by atoms with Crippen molar-refractivity contribution in [1.29, 1.82) is 0 Å².